The van der Waals surface area contributed by atoms with Crippen molar-refractivity contribution in [3.05, 3.63) is 53.1 Å². The molecule has 0 radical (unpaired) electrons. The number of anilines is 2. The fraction of sp³-hybridized carbons (Fsp3) is 0.235. The van der Waals surface area contributed by atoms with Crippen molar-refractivity contribution in [3.8, 4) is 5.75 Å². The molecule has 0 saturated heterocycles. The number of hydrogen-bond donors (Lipinski definition) is 2. The van der Waals surface area contributed by atoms with Crippen molar-refractivity contribution < 1.29 is 9.53 Å². The van der Waals surface area contributed by atoms with E-state index in [9.17, 15) is 4.79 Å². The van der Waals surface area contributed by atoms with Gasteiger partial charge in [0.15, 0.2) is 0 Å². The third kappa shape index (κ3) is 3.54. The van der Waals surface area contributed by atoms with E-state index in [4.69, 9.17) is 10.5 Å². The lowest BCUT2D eigenvalue weighted by Crippen LogP contribution is -2.13. The number of carbonyl (C=O) groups is 1. The molecule has 0 aliphatic rings. The molecule has 0 fully saturated rings. The Morgan fingerprint density at radius 3 is 2.38 bits per heavy atom. The van der Waals surface area contributed by atoms with E-state index < -0.39 is 0 Å². The molecular formula is C17H20N2O2. The van der Waals surface area contributed by atoms with E-state index in [2.05, 4.69) is 5.32 Å². The van der Waals surface area contributed by atoms with Crippen LogP contribution < -0.4 is 15.8 Å². The summed E-state index contributed by atoms with van der Waals surface area (Å²) in [4.78, 5) is 12.2. The van der Waals surface area contributed by atoms with Gasteiger partial charge >= 0.3 is 0 Å². The number of amides is 1. The zero-order valence-corrected chi connectivity index (χ0v) is 12.6. The first-order valence-corrected chi connectivity index (χ1v) is 6.92. The molecule has 21 heavy (non-hydrogen) atoms. The summed E-state index contributed by atoms with van der Waals surface area (Å²) >= 11 is 0. The summed E-state index contributed by atoms with van der Waals surface area (Å²) in [5, 5.41) is 2.84. The first-order chi connectivity index (χ1) is 10.0. The van der Waals surface area contributed by atoms with Crippen molar-refractivity contribution in [1.82, 2.24) is 0 Å². The van der Waals surface area contributed by atoms with Gasteiger partial charge in [-0.25, -0.2) is 0 Å². The molecule has 110 valence electrons. The van der Waals surface area contributed by atoms with Gasteiger partial charge in [-0.15, -0.1) is 0 Å². The van der Waals surface area contributed by atoms with Crippen LogP contribution in [0.4, 0.5) is 11.4 Å². The quantitative estimate of drug-likeness (QED) is 0.844. The number of nitrogens with one attached hydrogen (secondary N) is 1. The molecule has 0 aliphatic carbocycles. The highest BCUT2D eigenvalue weighted by atomic mass is 16.5. The zero-order chi connectivity index (χ0) is 15.4. The second-order valence-corrected chi connectivity index (χ2v) is 4.94. The fourth-order valence-corrected chi connectivity index (χ4v) is 2.01. The number of hydrogen-bond acceptors (Lipinski definition) is 3. The Bertz CT molecular complexity index is 649. The van der Waals surface area contributed by atoms with Gasteiger partial charge in [0.05, 0.1) is 18.0 Å². The highest BCUT2D eigenvalue weighted by Crippen LogP contribution is 2.23. The highest BCUT2D eigenvalue weighted by molar-refractivity contribution is 6.05. The topological polar surface area (TPSA) is 64.3 Å². The van der Waals surface area contributed by atoms with Gasteiger partial charge in [0, 0.05) is 5.56 Å². The van der Waals surface area contributed by atoms with Crippen LogP contribution in [0, 0.1) is 13.8 Å². The van der Waals surface area contributed by atoms with Crippen molar-refractivity contribution in [2.45, 2.75) is 20.8 Å². The Morgan fingerprint density at radius 1 is 1.14 bits per heavy atom. The molecule has 0 saturated carbocycles. The number of nitrogen functional groups attached to an aromatic ring is 1. The molecule has 0 atom stereocenters. The van der Waals surface area contributed by atoms with Crippen LogP contribution in [0.2, 0.25) is 0 Å². The first kappa shape index (κ1) is 14.9. The Hall–Kier alpha value is -2.49. The molecule has 2 rings (SSSR count). The SMILES string of the molecule is CCOc1ccc(C(=O)Nc2cc(C)c(C)cc2N)cc1. The lowest BCUT2D eigenvalue weighted by Gasteiger charge is -2.11. The molecule has 0 aromatic heterocycles. The number of rotatable bonds is 4. The van der Waals surface area contributed by atoms with Crippen LogP contribution >= 0.6 is 0 Å². The zero-order valence-electron chi connectivity index (χ0n) is 12.6. The number of benzene rings is 2. The molecule has 3 N–H and O–H groups in total. The minimum Gasteiger partial charge on any atom is -0.494 e. The van der Waals surface area contributed by atoms with E-state index in [0.717, 1.165) is 16.9 Å². The average Bonchev–Trinajstić information content (AvgIpc) is 2.46. The number of carbonyl (C=O) groups excluding carboxylic acids is 1. The maximum absolute atomic E-state index is 12.2. The first-order valence-electron chi connectivity index (χ1n) is 6.92. The number of nitrogens with two attached hydrogens (primary N) is 1. The van der Waals surface area contributed by atoms with E-state index in [1.807, 2.05) is 32.9 Å². The van der Waals surface area contributed by atoms with Gasteiger partial charge in [-0.3, -0.25) is 4.79 Å². The highest BCUT2D eigenvalue weighted by Gasteiger charge is 2.09. The molecule has 4 nitrogen and oxygen atoms in total. The van der Waals surface area contributed by atoms with Crippen LogP contribution in [0.1, 0.15) is 28.4 Å². The maximum Gasteiger partial charge on any atom is 0.255 e. The van der Waals surface area contributed by atoms with Crippen LogP contribution in [0.25, 0.3) is 0 Å². The molecule has 2 aromatic carbocycles. The Kier molecular flexibility index (Phi) is 4.48. The summed E-state index contributed by atoms with van der Waals surface area (Å²) < 4.78 is 5.36. The largest absolute Gasteiger partial charge is 0.494 e. The Morgan fingerprint density at radius 2 is 1.76 bits per heavy atom. The van der Waals surface area contributed by atoms with Crippen LogP contribution in [0.5, 0.6) is 5.75 Å². The third-order valence-electron chi connectivity index (χ3n) is 3.34. The smallest absolute Gasteiger partial charge is 0.255 e. The van der Waals surface area contributed by atoms with Gasteiger partial charge in [-0.05, 0) is 68.3 Å². The summed E-state index contributed by atoms with van der Waals surface area (Å²) in [6, 6.07) is 10.8. The molecule has 1 amide bonds. The van der Waals surface area contributed by atoms with Gasteiger partial charge in [-0.1, -0.05) is 0 Å². The number of aryl methyl sites for hydroxylation is 2. The minimum absolute atomic E-state index is 0.187. The molecule has 0 heterocycles. The van der Waals surface area contributed by atoms with Crippen molar-refractivity contribution >= 4 is 17.3 Å². The second kappa shape index (κ2) is 6.31. The van der Waals surface area contributed by atoms with Gasteiger partial charge in [0.2, 0.25) is 0 Å². The normalized spacial score (nSPS) is 10.2. The van der Waals surface area contributed by atoms with Crippen LogP contribution in [-0.4, -0.2) is 12.5 Å². The summed E-state index contributed by atoms with van der Waals surface area (Å²) in [6.07, 6.45) is 0. The van der Waals surface area contributed by atoms with E-state index in [1.165, 1.54) is 0 Å². The second-order valence-electron chi connectivity index (χ2n) is 4.94. The van der Waals surface area contributed by atoms with E-state index >= 15 is 0 Å². The van der Waals surface area contributed by atoms with E-state index in [0.29, 0.717) is 23.5 Å². The monoisotopic (exact) mass is 284 g/mol. The van der Waals surface area contributed by atoms with Gasteiger partial charge < -0.3 is 15.8 Å². The molecule has 0 bridgehead atoms. The summed E-state index contributed by atoms with van der Waals surface area (Å²) in [5.74, 6) is 0.563. The summed E-state index contributed by atoms with van der Waals surface area (Å²) in [6.45, 7) is 6.50. The molecule has 0 aliphatic heterocycles. The Balaban J connectivity index is 2.16. The lowest BCUT2D eigenvalue weighted by atomic mass is 10.1. The summed E-state index contributed by atoms with van der Waals surface area (Å²) in [5.41, 5.74) is 9.91. The summed E-state index contributed by atoms with van der Waals surface area (Å²) in [7, 11) is 0. The fourth-order valence-electron chi connectivity index (χ4n) is 2.01. The third-order valence-corrected chi connectivity index (χ3v) is 3.34. The minimum atomic E-state index is -0.187. The maximum atomic E-state index is 12.2. The predicted molar refractivity (Wildman–Crippen MR) is 85.9 cm³/mol. The van der Waals surface area contributed by atoms with Crippen molar-refractivity contribution in [3.63, 3.8) is 0 Å². The van der Waals surface area contributed by atoms with Crippen LogP contribution in [0.15, 0.2) is 36.4 Å². The van der Waals surface area contributed by atoms with Crippen LogP contribution in [-0.2, 0) is 0 Å². The van der Waals surface area contributed by atoms with Gasteiger partial charge in [0.25, 0.3) is 5.91 Å². The molecule has 0 unspecified atom stereocenters. The standard InChI is InChI=1S/C17H20N2O2/c1-4-21-14-7-5-13(6-8-14)17(20)19-16-10-12(3)11(2)9-15(16)18/h5-10H,4,18H2,1-3H3,(H,19,20). The lowest BCUT2D eigenvalue weighted by molar-refractivity contribution is 0.102. The van der Waals surface area contributed by atoms with Crippen LogP contribution in [0.3, 0.4) is 0 Å². The molecular weight excluding hydrogens is 264 g/mol. The predicted octanol–water partition coefficient (Wildman–Crippen LogP) is 3.54. The van der Waals surface area contributed by atoms with Crippen molar-refractivity contribution in [1.29, 1.82) is 0 Å². The molecule has 0 spiro atoms. The van der Waals surface area contributed by atoms with Gasteiger partial charge in [0.1, 0.15) is 5.75 Å². The average molecular weight is 284 g/mol. The van der Waals surface area contributed by atoms with E-state index in [1.54, 1.807) is 24.3 Å². The van der Waals surface area contributed by atoms with Crippen molar-refractivity contribution in [2.75, 3.05) is 17.7 Å². The van der Waals surface area contributed by atoms with E-state index in [-0.39, 0.29) is 5.91 Å². The number of ether oxygens (including phenoxy) is 1. The molecule has 2 aromatic rings. The van der Waals surface area contributed by atoms with Crippen molar-refractivity contribution in [2.24, 2.45) is 0 Å². The Labute approximate surface area is 124 Å². The van der Waals surface area contributed by atoms with Gasteiger partial charge in [-0.2, -0.15) is 0 Å². The molecule has 4 heteroatoms.